The molecule has 1 saturated heterocycles. The Balaban J connectivity index is 1.79. The lowest BCUT2D eigenvalue weighted by molar-refractivity contribution is -0.133. The topological polar surface area (TPSA) is 80.1 Å². The van der Waals surface area contributed by atoms with Gasteiger partial charge in [-0.05, 0) is 12.0 Å². The summed E-state index contributed by atoms with van der Waals surface area (Å²) >= 11 is 0. The number of hydrogen-bond donors (Lipinski definition) is 0. The van der Waals surface area contributed by atoms with Crippen LogP contribution in [0.2, 0.25) is 0 Å². The molecule has 0 N–H and O–H groups in total. The van der Waals surface area contributed by atoms with Crippen LogP contribution in [0.15, 0.2) is 51.9 Å². The van der Waals surface area contributed by atoms with E-state index >= 15 is 0 Å². The SMILES string of the molecule is CCC1CN(C(=O)c2cc(=O)c(OC)co2)CCC(=O)N1Cc1ccccc1. The number of methoxy groups -OCH3 is 1. The number of nitrogens with zero attached hydrogens (tertiary/aromatic N) is 2. The summed E-state index contributed by atoms with van der Waals surface area (Å²) in [6.45, 7) is 3.19. The van der Waals surface area contributed by atoms with Crippen LogP contribution >= 0.6 is 0 Å². The first kappa shape index (κ1) is 19.7. The number of hydrogen-bond acceptors (Lipinski definition) is 5. The van der Waals surface area contributed by atoms with E-state index in [0.29, 0.717) is 13.1 Å². The number of ether oxygens (including phenoxy) is 1. The van der Waals surface area contributed by atoms with Crippen LogP contribution < -0.4 is 10.2 Å². The Bertz CT molecular complexity index is 893. The lowest BCUT2D eigenvalue weighted by Gasteiger charge is -2.31. The molecule has 1 aliphatic heterocycles. The molecule has 1 fully saturated rings. The molecule has 0 bridgehead atoms. The molecule has 1 aromatic heterocycles. The maximum atomic E-state index is 12.9. The van der Waals surface area contributed by atoms with Gasteiger partial charge in [-0.25, -0.2) is 0 Å². The zero-order valence-electron chi connectivity index (χ0n) is 16.1. The second-order valence-electron chi connectivity index (χ2n) is 6.75. The maximum absolute atomic E-state index is 12.9. The fourth-order valence-corrected chi connectivity index (χ4v) is 3.37. The fourth-order valence-electron chi connectivity index (χ4n) is 3.37. The molecule has 1 unspecified atom stereocenters. The minimum absolute atomic E-state index is 0.0159. The van der Waals surface area contributed by atoms with Crippen LogP contribution in [0.5, 0.6) is 5.75 Å². The van der Waals surface area contributed by atoms with Gasteiger partial charge in [-0.15, -0.1) is 0 Å². The van der Waals surface area contributed by atoms with Crippen molar-refractivity contribution in [2.45, 2.75) is 32.4 Å². The first-order valence-corrected chi connectivity index (χ1v) is 9.33. The van der Waals surface area contributed by atoms with Gasteiger partial charge in [0.2, 0.25) is 17.1 Å². The molecular formula is C21H24N2O5. The van der Waals surface area contributed by atoms with Crippen LogP contribution in [0.1, 0.15) is 35.9 Å². The summed E-state index contributed by atoms with van der Waals surface area (Å²) in [5, 5.41) is 0. The van der Waals surface area contributed by atoms with E-state index in [2.05, 4.69) is 0 Å². The number of amides is 2. The quantitative estimate of drug-likeness (QED) is 0.790. The molecule has 0 spiro atoms. The molecule has 0 saturated carbocycles. The molecule has 2 heterocycles. The molecule has 2 amide bonds. The van der Waals surface area contributed by atoms with Gasteiger partial charge in [-0.2, -0.15) is 0 Å². The highest BCUT2D eigenvalue weighted by Crippen LogP contribution is 2.19. The van der Waals surface area contributed by atoms with Crippen LogP contribution in [-0.2, 0) is 11.3 Å². The number of carbonyl (C=O) groups is 2. The fraction of sp³-hybridized carbons (Fsp3) is 0.381. The highest BCUT2D eigenvalue weighted by molar-refractivity contribution is 5.92. The summed E-state index contributed by atoms with van der Waals surface area (Å²) in [6, 6.07) is 10.8. The third kappa shape index (κ3) is 4.24. The average molecular weight is 384 g/mol. The Morgan fingerprint density at radius 3 is 2.64 bits per heavy atom. The molecule has 1 atom stereocenters. The molecule has 28 heavy (non-hydrogen) atoms. The largest absolute Gasteiger partial charge is 0.490 e. The first-order valence-electron chi connectivity index (χ1n) is 9.33. The zero-order chi connectivity index (χ0) is 20.1. The molecule has 7 nitrogen and oxygen atoms in total. The van der Waals surface area contributed by atoms with Crippen molar-refractivity contribution >= 4 is 11.8 Å². The van der Waals surface area contributed by atoms with Crippen molar-refractivity contribution < 1.29 is 18.7 Å². The summed E-state index contributed by atoms with van der Waals surface area (Å²) in [7, 11) is 1.36. The highest BCUT2D eigenvalue weighted by Gasteiger charge is 2.32. The molecule has 3 rings (SSSR count). The van der Waals surface area contributed by atoms with Crippen molar-refractivity contribution in [2.75, 3.05) is 20.2 Å². The summed E-state index contributed by atoms with van der Waals surface area (Å²) in [4.78, 5) is 40.9. The monoisotopic (exact) mass is 384 g/mol. The average Bonchev–Trinajstić information content (AvgIpc) is 2.87. The van der Waals surface area contributed by atoms with Crippen LogP contribution in [0.25, 0.3) is 0 Å². The second-order valence-corrected chi connectivity index (χ2v) is 6.75. The summed E-state index contributed by atoms with van der Waals surface area (Å²) in [5.41, 5.74) is 0.635. The van der Waals surface area contributed by atoms with Crippen LogP contribution in [-0.4, -0.2) is 47.9 Å². The number of carbonyl (C=O) groups excluding carboxylic acids is 2. The Morgan fingerprint density at radius 1 is 1.25 bits per heavy atom. The minimum atomic E-state index is -0.416. The van der Waals surface area contributed by atoms with E-state index in [9.17, 15) is 14.4 Å². The van der Waals surface area contributed by atoms with Crippen LogP contribution in [0.3, 0.4) is 0 Å². The van der Waals surface area contributed by atoms with Crippen molar-refractivity contribution in [3.8, 4) is 5.75 Å². The van der Waals surface area contributed by atoms with Crippen molar-refractivity contribution in [3.05, 3.63) is 64.2 Å². The summed E-state index contributed by atoms with van der Waals surface area (Å²) in [6.07, 6.45) is 2.09. The Labute approximate surface area is 163 Å². The van der Waals surface area contributed by atoms with Crippen LogP contribution in [0, 0.1) is 0 Å². The Morgan fingerprint density at radius 2 is 2.00 bits per heavy atom. The Hall–Kier alpha value is -3.09. The van der Waals surface area contributed by atoms with Gasteiger partial charge in [0.05, 0.1) is 7.11 Å². The van der Waals surface area contributed by atoms with Crippen molar-refractivity contribution in [2.24, 2.45) is 0 Å². The standard InChI is InChI=1S/C21H24N2O5/c1-3-16-13-22(21(26)18-11-17(24)19(27-2)14-28-18)10-9-20(25)23(16)12-15-7-5-4-6-8-15/h4-8,11,14,16H,3,9-10,12-13H2,1-2H3. The molecule has 148 valence electrons. The molecule has 1 aromatic carbocycles. The van der Waals surface area contributed by atoms with Gasteiger partial charge in [0, 0.05) is 38.2 Å². The van der Waals surface area contributed by atoms with E-state index < -0.39 is 11.3 Å². The van der Waals surface area contributed by atoms with E-state index in [1.807, 2.05) is 42.2 Å². The molecule has 2 aromatic rings. The van der Waals surface area contributed by atoms with E-state index in [4.69, 9.17) is 9.15 Å². The van der Waals surface area contributed by atoms with Gasteiger partial charge < -0.3 is 19.0 Å². The van der Waals surface area contributed by atoms with Crippen LogP contribution in [0.4, 0.5) is 0 Å². The third-order valence-corrected chi connectivity index (χ3v) is 4.97. The van der Waals surface area contributed by atoms with Crippen molar-refractivity contribution in [3.63, 3.8) is 0 Å². The second kappa shape index (κ2) is 8.73. The van der Waals surface area contributed by atoms with E-state index in [-0.39, 0.29) is 36.4 Å². The van der Waals surface area contributed by atoms with Gasteiger partial charge in [0.1, 0.15) is 6.26 Å². The van der Waals surface area contributed by atoms with Gasteiger partial charge in [0.25, 0.3) is 5.91 Å². The molecular weight excluding hydrogens is 360 g/mol. The summed E-state index contributed by atoms with van der Waals surface area (Å²) < 4.78 is 10.2. The number of benzene rings is 1. The van der Waals surface area contributed by atoms with E-state index in [1.165, 1.54) is 7.11 Å². The Kier molecular flexibility index (Phi) is 6.13. The van der Waals surface area contributed by atoms with E-state index in [0.717, 1.165) is 24.3 Å². The van der Waals surface area contributed by atoms with Gasteiger partial charge in [0.15, 0.2) is 5.76 Å². The smallest absolute Gasteiger partial charge is 0.289 e. The lowest BCUT2D eigenvalue weighted by Crippen LogP contribution is -2.43. The molecule has 0 radical (unpaired) electrons. The molecule has 0 aliphatic carbocycles. The maximum Gasteiger partial charge on any atom is 0.289 e. The van der Waals surface area contributed by atoms with Gasteiger partial charge in [-0.3, -0.25) is 14.4 Å². The third-order valence-electron chi connectivity index (χ3n) is 4.97. The zero-order valence-corrected chi connectivity index (χ0v) is 16.1. The van der Waals surface area contributed by atoms with Gasteiger partial charge >= 0.3 is 0 Å². The van der Waals surface area contributed by atoms with Gasteiger partial charge in [-0.1, -0.05) is 37.3 Å². The summed E-state index contributed by atoms with van der Waals surface area (Å²) in [5.74, 6) is -0.387. The highest BCUT2D eigenvalue weighted by atomic mass is 16.5. The molecule has 1 aliphatic rings. The molecule has 7 heteroatoms. The number of rotatable bonds is 5. The predicted octanol–water partition coefficient (Wildman–Crippen LogP) is 2.30. The minimum Gasteiger partial charge on any atom is -0.490 e. The van der Waals surface area contributed by atoms with Crippen molar-refractivity contribution in [1.29, 1.82) is 0 Å². The first-order chi connectivity index (χ1) is 13.5. The predicted molar refractivity (Wildman–Crippen MR) is 103 cm³/mol. The van der Waals surface area contributed by atoms with Crippen molar-refractivity contribution in [1.82, 2.24) is 9.80 Å². The lowest BCUT2D eigenvalue weighted by atomic mass is 10.1. The normalized spacial score (nSPS) is 17.4. The van der Waals surface area contributed by atoms with E-state index in [1.54, 1.807) is 4.90 Å².